The zero-order chi connectivity index (χ0) is 20.8. The SMILES string of the molecule is COc1ccc(C2=NN3[C@@H](C2)c2cc(Cl)cc(Cl)c2O[C@H]3c2cccc(Cl)c2)cc1. The molecule has 0 bridgehead atoms. The van der Waals surface area contributed by atoms with Crippen molar-refractivity contribution in [2.45, 2.75) is 18.7 Å². The van der Waals surface area contributed by atoms with Crippen molar-refractivity contribution in [1.29, 1.82) is 0 Å². The van der Waals surface area contributed by atoms with E-state index >= 15 is 0 Å². The third-order valence-corrected chi connectivity index (χ3v) is 6.10. The Bertz CT molecular complexity index is 1150. The second-order valence-corrected chi connectivity index (χ2v) is 8.49. The van der Waals surface area contributed by atoms with E-state index in [-0.39, 0.29) is 6.04 Å². The smallest absolute Gasteiger partial charge is 0.214 e. The minimum absolute atomic E-state index is 0.0500. The first-order chi connectivity index (χ1) is 14.5. The average Bonchev–Trinajstić information content (AvgIpc) is 3.19. The number of rotatable bonds is 3. The molecule has 0 saturated heterocycles. The van der Waals surface area contributed by atoms with E-state index in [9.17, 15) is 0 Å². The normalized spacial score (nSPS) is 19.6. The molecule has 0 N–H and O–H groups in total. The summed E-state index contributed by atoms with van der Waals surface area (Å²) in [7, 11) is 1.65. The maximum Gasteiger partial charge on any atom is 0.214 e. The van der Waals surface area contributed by atoms with E-state index in [0.29, 0.717) is 27.2 Å². The highest BCUT2D eigenvalue weighted by Crippen LogP contribution is 2.50. The van der Waals surface area contributed by atoms with Crippen molar-refractivity contribution in [3.63, 3.8) is 0 Å². The molecule has 0 amide bonds. The van der Waals surface area contributed by atoms with E-state index < -0.39 is 6.23 Å². The van der Waals surface area contributed by atoms with Gasteiger partial charge in [-0.05, 0) is 54.1 Å². The van der Waals surface area contributed by atoms with Crippen molar-refractivity contribution in [3.8, 4) is 11.5 Å². The second kappa shape index (κ2) is 7.69. The van der Waals surface area contributed by atoms with Gasteiger partial charge in [-0.1, -0.05) is 46.9 Å². The van der Waals surface area contributed by atoms with Gasteiger partial charge in [-0.2, -0.15) is 5.10 Å². The number of ether oxygens (including phenoxy) is 2. The molecule has 3 aromatic rings. The number of halogens is 3. The Morgan fingerprint density at radius 2 is 1.80 bits per heavy atom. The lowest BCUT2D eigenvalue weighted by Crippen LogP contribution is -2.33. The molecule has 152 valence electrons. The van der Waals surface area contributed by atoms with Crippen LogP contribution in [0, 0.1) is 0 Å². The van der Waals surface area contributed by atoms with Gasteiger partial charge in [0.1, 0.15) is 11.5 Å². The van der Waals surface area contributed by atoms with Gasteiger partial charge in [0, 0.05) is 27.6 Å². The maximum atomic E-state index is 6.50. The highest BCUT2D eigenvalue weighted by atomic mass is 35.5. The molecule has 0 saturated carbocycles. The number of benzene rings is 3. The summed E-state index contributed by atoms with van der Waals surface area (Å²) in [6.45, 7) is 0. The van der Waals surface area contributed by atoms with E-state index in [1.54, 1.807) is 13.2 Å². The Morgan fingerprint density at radius 3 is 2.53 bits per heavy atom. The quantitative estimate of drug-likeness (QED) is 0.427. The van der Waals surface area contributed by atoms with Gasteiger partial charge < -0.3 is 9.47 Å². The van der Waals surface area contributed by atoms with Gasteiger partial charge >= 0.3 is 0 Å². The molecular weight excluding hydrogens is 443 g/mol. The van der Waals surface area contributed by atoms with Gasteiger partial charge in [0.05, 0.1) is 23.9 Å². The second-order valence-electron chi connectivity index (χ2n) is 7.21. The summed E-state index contributed by atoms with van der Waals surface area (Å²) in [4.78, 5) is 0. The van der Waals surface area contributed by atoms with Crippen molar-refractivity contribution in [2.24, 2.45) is 5.10 Å². The zero-order valence-electron chi connectivity index (χ0n) is 16.0. The van der Waals surface area contributed by atoms with Crippen molar-refractivity contribution in [2.75, 3.05) is 7.11 Å². The number of hydrogen-bond donors (Lipinski definition) is 0. The molecule has 0 aromatic heterocycles. The Balaban J connectivity index is 1.61. The van der Waals surface area contributed by atoms with E-state index in [0.717, 1.165) is 28.2 Å². The number of hydrazone groups is 1. The van der Waals surface area contributed by atoms with Gasteiger partial charge in [-0.25, -0.2) is 5.01 Å². The van der Waals surface area contributed by atoms with Crippen LogP contribution < -0.4 is 9.47 Å². The van der Waals surface area contributed by atoms with Crippen LogP contribution in [0.25, 0.3) is 0 Å². The molecule has 2 aliphatic heterocycles. The number of nitrogens with zero attached hydrogens (tertiary/aromatic N) is 2. The summed E-state index contributed by atoms with van der Waals surface area (Å²) >= 11 is 19.1. The van der Waals surface area contributed by atoms with Crippen LogP contribution in [0.5, 0.6) is 11.5 Å². The molecule has 0 aliphatic carbocycles. The molecule has 0 fully saturated rings. The lowest BCUT2D eigenvalue weighted by atomic mass is 9.96. The Morgan fingerprint density at radius 1 is 1.00 bits per heavy atom. The number of methoxy groups -OCH3 is 1. The maximum absolute atomic E-state index is 6.50. The van der Waals surface area contributed by atoms with Crippen molar-refractivity contribution < 1.29 is 9.47 Å². The molecule has 5 rings (SSSR count). The van der Waals surface area contributed by atoms with Gasteiger partial charge in [0.15, 0.2) is 0 Å². The summed E-state index contributed by atoms with van der Waals surface area (Å²) in [5.41, 5.74) is 3.83. The fourth-order valence-corrected chi connectivity index (χ4v) is 4.71. The van der Waals surface area contributed by atoms with Crippen LogP contribution in [0.2, 0.25) is 15.1 Å². The minimum atomic E-state index is -0.448. The van der Waals surface area contributed by atoms with E-state index in [1.807, 2.05) is 59.6 Å². The fourth-order valence-electron chi connectivity index (χ4n) is 3.95. The molecule has 4 nitrogen and oxygen atoms in total. The Labute approximate surface area is 189 Å². The van der Waals surface area contributed by atoms with Crippen LogP contribution in [-0.2, 0) is 0 Å². The number of hydrogen-bond acceptors (Lipinski definition) is 4. The first-order valence-corrected chi connectivity index (χ1v) is 10.6. The molecule has 0 unspecified atom stereocenters. The first-order valence-electron chi connectivity index (χ1n) is 9.45. The Hall–Kier alpha value is -2.40. The molecule has 2 atom stereocenters. The average molecular weight is 460 g/mol. The molecule has 7 heteroatoms. The highest BCUT2D eigenvalue weighted by Gasteiger charge is 2.42. The molecule has 30 heavy (non-hydrogen) atoms. The molecule has 2 aliphatic rings. The van der Waals surface area contributed by atoms with Gasteiger partial charge in [-0.3, -0.25) is 0 Å². The van der Waals surface area contributed by atoms with E-state index in [1.165, 1.54) is 0 Å². The van der Waals surface area contributed by atoms with Gasteiger partial charge in [-0.15, -0.1) is 0 Å². The monoisotopic (exact) mass is 458 g/mol. The third-order valence-electron chi connectivity index (χ3n) is 5.37. The van der Waals surface area contributed by atoms with Gasteiger partial charge in [0.25, 0.3) is 0 Å². The third kappa shape index (κ3) is 3.39. The first kappa shape index (κ1) is 19.6. The largest absolute Gasteiger partial charge is 0.497 e. The standard InChI is InChI=1S/C23H17Cl3N2O2/c1-29-17-7-5-13(6-8-17)20-12-21-18-10-16(25)11-19(26)22(18)30-23(28(21)27-20)14-3-2-4-15(24)9-14/h2-11,21,23H,12H2,1H3/t21-,23-/m0/s1. The topological polar surface area (TPSA) is 34.1 Å². The summed E-state index contributed by atoms with van der Waals surface area (Å²) in [6, 6.07) is 19.0. The van der Waals surface area contributed by atoms with Crippen LogP contribution in [-0.4, -0.2) is 17.8 Å². The fraction of sp³-hybridized carbons (Fsp3) is 0.174. The lowest BCUT2D eigenvalue weighted by molar-refractivity contribution is -0.0189. The van der Waals surface area contributed by atoms with Crippen LogP contribution in [0.1, 0.15) is 35.4 Å². The van der Waals surface area contributed by atoms with Crippen molar-refractivity contribution in [1.82, 2.24) is 5.01 Å². The Kier molecular flexibility index (Phi) is 5.02. The molecule has 0 radical (unpaired) electrons. The van der Waals surface area contributed by atoms with E-state index in [4.69, 9.17) is 49.4 Å². The summed E-state index contributed by atoms with van der Waals surface area (Å²) in [5.74, 6) is 1.44. The lowest BCUT2D eigenvalue weighted by Gasteiger charge is -2.38. The zero-order valence-corrected chi connectivity index (χ0v) is 18.2. The molecule has 3 aromatic carbocycles. The van der Waals surface area contributed by atoms with Crippen molar-refractivity contribution in [3.05, 3.63) is 92.4 Å². The minimum Gasteiger partial charge on any atom is -0.497 e. The van der Waals surface area contributed by atoms with Crippen LogP contribution in [0.4, 0.5) is 0 Å². The number of fused-ring (bicyclic) bond motifs is 3. The molecular formula is C23H17Cl3N2O2. The predicted octanol–water partition coefficient (Wildman–Crippen LogP) is 6.90. The summed E-state index contributed by atoms with van der Waals surface area (Å²) < 4.78 is 11.6. The van der Waals surface area contributed by atoms with Crippen LogP contribution in [0.15, 0.2) is 65.8 Å². The summed E-state index contributed by atoms with van der Waals surface area (Å²) in [5, 5.41) is 8.61. The van der Waals surface area contributed by atoms with Crippen LogP contribution >= 0.6 is 34.8 Å². The predicted molar refractivity (Wildman–Crippen MR) is 120 cm³/mol. The van der Waals surface area contributed by atoms with Gasteiger partial charge in [0.2, 0.25) is 6.23 Å². The van der Waals surface area contributed by atoms with Crippen molar-refractivity contribution >= 4 is 40.5 Å². The van der Waals surface area contributed by atoms with E-state index in [2.05, 4.69) is 0 Å². The molecule has 2 heterocycles. The summed E-state index contributed by atoms with van der Waals surface area (Å²) in [6.07, 6.45) is 0.256. The van der Waals surface area contributed by atoms with Crippen LogP contribution in [0.3, 0.4) is 0 Å². The molecule has 0 spiro atoms. The highest BCUT2D eigenvalue weighted by molar-refractivity contribution is 6.35.